The molecule has 14 rings (SSSR count). The molecule has 0 amide bonds. The molecule has 5 heteroatoms. The van der Waals surface area contributed by atoms with Crippen LogP contribution in [0, 0.1) is 11.8 Å². The molecule has 2 aliphatic rings. The molecule has 0 atom stereocenters. The van der Waals surface area contributed by atoms with Crippen LogP contribution in [-0.2, 0) is 0 Å². The molecular weight excluding hydrogens is 899 g/mol. The average Bonchev–Trinajstić information content (AvgIpc) is 4.13. The van der Waals surface area contributed by atoms with Gasteiger partial charge in [-0.3, -0.25) is 0 Å². The second-order valence-electron chi connectivity index (χ2n) is 18.9. The van der Waals surface area contributed by atoms with Crippen molar-refractivity contribution in [1.82, 2.24) is 24.1 Å². The number of fused-ring (bicyclic) bond motifs is 6. The van der Waals surface area contributed by atoms with Gasteiger partial charge >= 0.3 is 0 Å². The first-order valence-electron chi connectivity index (χ1n) is 25.2. The van der Waals surface area contributed by atoms with E-state index < -0.39 is 0 Å². The van der Waals surface area contributed by atoms with Crippen molar-refractivity contribution in [2.45, 2.75) is 12.8 Å². The number of hydrogen-bond acceptors (Lipinski definition) is 3. The molecule has 0 saturated carbocycles. The Bertz CT molecular complexity index is 4330. The van der Waals surface area contributed by atoms with Gasteiger partial charge in [-0.2, -0.15) is 0 Å². The lowest BCUT2D eigenvalue weighted by atomic mass is 9.93. The summed E-state index contributed by atoms with van der Waals surface area (Å²) < 4.78 is 4.78. The topological polar surface area (TPSA) is 48.5 Å². The molecule has 9 aromatic carbocycles. The monoisotopic (exact) mass is 943 g/mol. The Balaban J connectivity index is 0.856. The third-order valence-electron chi connectivity index (χ3n) is 14.5. The molecule has 346 valence electrons. The smallest absolute Gasteiger partial charge is 0.164 e. The molecule has 2 aliphatic carbocycles. The second kappa shape index (κ2) is 18.1. The fourth-order valence-corrected chi connectivity index (χ4v) is 11.0. The molecule has 74 heavy (non-hydrogen) atoms. The molecule has 0 saturated heterocycles. The summed E-state index contributed by atoms with van der Waals surface area (Å²) in [5.74, 6) is 9.00. The van der Waals surface area contributed by atoms with Crippen molar-refractivity contribution < 1.29 is 0 Å². The van der Waals surface area contributed by atoms with E-state index in [4.69, 9.17) is 15.0 Å². The summed E-state index contributed by atoms with van der Waals surface area (Å²) in [4.78, 5) is 15.0. The molecule has 0 bridgehead atoms. The number of para-hydroxylation sites is 3. The van der Waals surface area contributed by atoms with E-state index >= 15 is 0 Å². The summed E-state index contributed by atoms with van der Waals surface area (Å²) in [5, 5.41) is 4.89. The molecular formula is C69H45N5. The maximum Gasteiger partial charge on any atom is 0.164 e. The highest BCUT2D eigenvalue weighted by atomic mass is 15.0. The summed E-state index contributed by atoms with van der Waals surface area (Å²) in [6.07, 6.45) is 10.5. The Hall–Kier alpha value is -9.89. The minimum atomic E-state index is 0.631. The van der Waals surface area contributed by atoms with Gasteiger partial charge in [0.1, 0.15) is 0 Å². The molecule has 0 aliphatic heterocycles. The van der Waals surface area contributed by atoms with E-state index in [2.05, 4.69) is 209 Å². The Labute approximate surface area is 429 Å². The summed E-state index contributed by atoms with van der Waals surface area (Å²) in [5.41, 5.74) is 19.0. The lowest BCUT2D eigenvalue weighted by molar-refractivity contribution is 1.07. The third kappa shape index (κ3) is 7.56. The normalized spacial score (nSPS) is 13.4. The first-order valence-corrected chi connectivity index (χ1v) is 25.2. The Morgan fingerprint density at radius 1 is 0.378 bits per heavy atom. The lowest BCUT2D eigenvalue weighted by Crippen LogP contribution is -2.00. The van der Waals surface area contributed by atoms with Crippen molar-refractivity contribution in [3.63, 3.8) is 0 Å². The highest BCUT2D eigenvalue weighted by molar-refractivity contribution is 6.13. The van der Waals surface area contributed by atoms with Gasteiger partial charge in [0.2, 0.25) is 0 Å². The predicted octanol–water partition coefficient (Wildman–Crippen LogP) is 16.9. The third-order valence-corrected chi connectivity index (χ3v) is 14.5. The van der Waals surface area contributed by atoms with E-state index in [0.29, 0.717) is 23.9 Å². The van der Waals surface area contributed by atoms with Gasteiger partial charge in [-0.05, 0) is 124 Å². The molecule has 0 spiro atoms. The SMILES string of the molecule is C1#CC(C2=C(c3cccc(-c4nc(-c5ccccc5)nc(-c5ccccc5)n4)c3)C=CC2)=CC(c2ccc3c(c2)c2cc(-c4ccc5c(c4)c4ccccc4n5-c4ccccc4)ccc2n3-c2ccccc2)=CC1. The molecule has 12 aromatic rings. The zero-order chi connectivity index (χ0) is 49.0. The van der Waals surface area contributed by atoms with Gasteiger partial charge in [0.25, 0.3) is 0 Å². The first-order chi connectivity index (χ1) is 36.7. The molecule has 5 nitrogen and oxygen atoms in total. The number of rotatable bonds is 9. The molecule has 0 unspecified atom stereocenters. The Morgan fingerprint density at radius 3 is 1.46 bits per heavy atom. The minimum Gasteiger partial charge on any atom is -0.309 e. The highest BCUT2D eigenvalue weighted by Crippen LogP contribution is 2.41. The number of aromatic nitrogens is 5. The van der Waals surface area contributed by atoms with Crippen LogP contribution in [0.3, 0.4) is 0 Å². The summed E-state index contributed by atoms with van der Waals surface area (Å²) >= 11 is 0. The van der Waals surface area contributed by atoms with E-state index in [1.54, 1.807) is 0 Å². The Kier molecular flexibility index (Phi) is 10.5. The zero-order valence-electron chi connectivity index (χ0n) is 40.3. The van der Waals surface area contributed by atoms with Crippen LogP contribution < -0.4 is 0 Å². The van der Waals surface area contributed by atoms with Gasteiger partial charge in [0.15, 0.2) is 17.5 Å². The van der Waals surface area contributed by atoms with Crippen LogP contribution >= 0.6 is 0 Å². The number of allylic oxidation sites excluding steroid dienone is 8. The van der Waals surface area contributed by atoms with E-state index in [1.807, 2.05) is 60.7 Å². The van der Waals surface area contributed by atoms with E-state index in [1.165, 1.54) is 54.8 Å². The summed E-state index contributed by atoms with van der Waals surface area (Å²) in [7, 11) is 0. The van der Waals surface area contributed by atoms with Gasteiger partial charge in [-0.1, -0.05) is 182 Å². The van der Waals surface area contributed by atoms with Crippen LogP contribution in [0.2, 0.25) is 0 Å². The molecule has 3 heterocycles. The maximum atomic E-state index is 5.04. The van der Waals surface area contributed by atoms with Gasteiger partial charge in [-0.25, -0.2) is 15.0 Å². The molecule has 3 aromatic heterocycles. The van der Waals surface area contributed by atoms with Crippen LogP contribution in [0.15, 0.2) is 260 Å². The van der Waals surface area contributed by atoms with Crippen LogP contribution in [0.1, 0.15) is 24.0 Å². The number of nitrogens with zero attached hydrogens (tertiary/aromatic N) is 5. The zero-order valence-corrected chi connectivity index (χ0v) is 40.3. The maximum absolute atomic E-state index is 5.04. The van der Waals surface area contributed by atoms with Gasteiger partial charge < -0.3 is 9.13 Å². The van der Waals surface area contributed by atoms with Crippen molar-refractivity contribution in [2.75, 3.05) is 0 Å². The number of benzene rings is 9. The molecule has 0 fully saturated rings. The fraction of sp³-hybridized carbons (Fsp3) is 0.0290. The van der Waals surface area contributed by atoms with Gasteiger partial charge in [-0.15, -0.1) is 0 Å². The van der Waals surface area contributed by atoms with Crippen molar-refractivity contribution >= 4 is 54.8 Å². The van der Waals surface area contributed by atoms with Gasteiger partial charge in [0, 0.05) is 61.6 Å². The molecule has 0 radical (unpaired) electrons. The molecule has 0 N–H and O–H groups in total. The van der Waals surface area contributed by atoms with E-state index in [9.17, 15) is 0 Å². The van der Waals surface area contributed by atoms with Crippen molar-refractivity contribution in [3.05, 3.63) is 271 Å². The van der Waals surface area contributed by atoms with Crippen LogP contribution in [0.4, 0.5) is 0 Å². The van der Waals surface area contributed by atoms with Crippen LogP contribution in [-0.4, -0.2) is 24.1 Å². The second-order valence-corrected chi connectivity index (χ2v) is 18.9. The largest absolute Gasteiger partial charge is 0.309 e. The number of hydrogen-bond donors (Lipinski definition) is 0. The summed E-state index contributed by atoms with van der Waals surface area (Å²) in [6.45, 7) is 0. The fourth-order valence-electron chi connectivity index (χ4n) is 11.0. The first kappa shape index (κ1) is 42.9. The van der Waals surface area contributed by atoms with E-state index in [0.717, 1.165) is 67.8 Å². The minimum absolute atomic E-state index is 0.631. The Morgan fingerprint density at radius 2 is 0.851 bits per heavy atom. The average molecular weight is 944 g/mol. The van der Waals surface area contributed by atoms with Crippen LogP contribution in [0.5, 0.6) is 0 Å². The van der Waals surface area contributed by atoms with Gasteiger partial charge in [0.05, 0.1) is 22.1 Å². The van der Waals surface area contributed by atoms with Crippen molar-refractivity contribution in [1.29, 1.82) is 0 Å². The lowest BCUT2D eigenvalue weighted by Gasteiger charge is -2.12. The van der Waals surface area contributed by atoms with Crippen LogP contribution in [0.25, 0.3) is 111 Å². The standard InChI is InChI=1S/C69H45N5/c1-5-19-46(20-6-1)67-70-68(47-21-7-2-8-22-47)72-69(71-67)54-26-17-25-53(42-54)58-33-18-32-57(58)52-24-14-13-23-48(41-52)49-35-39-65-61(44-49)62-45-51(37-40-66(62)74(65)56-29-11-4-12-30-56)50-36-38-64-60(43-50)59-31-15-16-34-63(59)73(64)55-27-9-3-10-28-55/h1-12,15-23,25-31,33-45H,13,32H2. The van der Waals surface area contributed by atoms with E-state index in [-0.39, 0.29) is 0 Å². The highest BCUT2D eigenvalue weighted by Gasteiger charge is 2.21. The van der Waals surface area contributed by atoms with Crippen molar-refractivity contribution in [2.24, 2.45) is 0 Å². The quantitative estimate of drug-likeness (QED) is 0.136. The summed E-state index contributed by atoms with van der Waals surface area (Å²) in [6, 6.07) is 79.8. The van der Waals surface area contributed by atoms with Crippen molar-refractivity contribution in [3.8, 4) is 68.5 Å². The predicted molar refractivity (Wildman–Crippen MR) is 306 cm³/mol.